The summed E-state index contributed by atoms with van der Waals surface area (Å²) in [6.45, 7) is 2.65. The normalized spacial score (nSPS) is 25.2. The van der Waals surface area contributed by atoms with E-state index in [-0.39, 0.29) is 18.9 Å². The summed E-state index contributed by atoms with van der Waals surface area (Å²) in [5.74, 6) is -0.270. The molecule has 0 aromatic rings. The summed E-state index contributed by atoms with van der Waals surface area (Å²) in [6, 6.07) is -0.951. The molecule has 0 aliphatic carbocycles. The Labute approximate surface area is 471 Å². The Morgan fingerprint density at radius 1 is 0.474 bits per heavy atom. The van der Waals surface area contributed by atoms with E-state index in [1.54, 1.807) is 6.08 Å². The summed E-state index contributed by atoms with van der Waals surface area (Å²) in [4.78, 5) is 13.3. The molecule has 2 fully saturated rings. The van der Waals surface area contributed by atoms with Crippen LogP contribution >= 0.6 is 0 Å². The first-order chi connectivity index (χ1) is 38.1. The SMILES string of the molecule is CC/C=C\C/C=C\C/C=C\C/C=C\CCCCCCCCC(=O)NC(COC1OC(CO)C(OC2OC(CO)C(O)C(O)C2O)C(O)C1O)C(O)/C=C/CC/C=C/CC/C=C/CCCCCCCCCCCCCCCCC. The molecule has 0 radical (unpaired) electrons. The molecule has 12 unspecified atom stereocenters. The molecule has 2 rings (SSSR count). The molecule has 78 heavy (non-hydrogen) atoms. The van der Waals surface area contributed by atoms with Crippen molar-refractivity contribution >= 4 is 5.91 Å². The molecule has 14 heteroatoms. The summed E-state index contributed by atoms with van der Waals surface area (Å²) >= 11 is 0. The van der Waals surface area contributed by atoms with Gasteiger partial charge in [-0.3, -0.25) is 4.79 Å². The highest BCUT2D eigenvalue weighted by atomic mass is 16.7. The zero-order valence-electron chi connectivity index (χ0n) is 48.4. The van der Waals surface area contributed by atoms with E-state index in [0.717, 1.165) is 89.9 Å². The standard InChI is InChI=1S/C64H111NO13/c1-3-5-7-9-11-13-15-17-19-21-23-24-25-26-27-28-30-31-33-35-37-39-41-43-45-47-53(68)52(65-56(69)48-46-44-42-40-38-36-34-32-29-22-20-18-16-14-12-10-8-6-4-2)51-75-63-61(74)59(72)62(55(50-67)77-63)78-64-60(73)58(71)57(70)54(49-66)76-64/h6,8,12,14,18,20,29-32,37,39,45,47,52-55,57-64,66-68,70-74H,3-5,7,9-11,13,15-17,19,21-28,33-36,38,40-44,46,48-51H2,1-2H3,(H,65,69)/b8-6-,14-12-,20-18-,31-30+,32-29-,39-37+,47-45+. The molecule has 2 aliphatic rings. The molecular weight excluding hydrogens is 991 g/mol. The Morgan fingerprint density at radius 3 is 1.41 bits per heavy atom. The smallest absolute Gasteiger partial charge is 0.220 e. The highest BCUT2D eigenvalue weighted by molar-refractivity contribution is 5.76. The maximum atomic E-state index is 13.3. The average Bonchev–Trinajstić information content (AvgIpc) is 3.48. The number of aliphatic hydroxyl groups excluding tert-OH is 8. The van der Waals surface area contributed by atoms with Crippen LogP contribution in [-0.4, -0.2) is 140 Å². The van der Waals surface area contributed by atoms with Crippen LogP contribution in [0.5, 0.6) is 0 Å². The van der Waals surface area contributed by atoms with Gasteiger partial charge in [-0.05, 0) is 83.5 Å². The first-order valence-corrected chi connectivity index (χ1v) is 30.8. The number of hydrogen-bond acceptors (Lipinski definition) is 13. The van der Waals surface area contributed by atoms with Crippen LogP contribution in [0.1, 0.15) is 219 Å². The van der Waals surface area contributed by atoms with E-state index in [4.69, 9.17) is 18.9 Å². The van der Waals surface area contributed by atoms with Gasteiger partial charge in [-0.2, -0.15) is 0 Å². The second-order valence-electron chi connectivity index (χ2n) is 21.4. The number of aliphatic hydroxyl groups is 8. The van der Waals surface area contributed by atoms with E-state index in [0.29, 0.717) is 12.8 Å². The van der Waals surface area contributed by atoms with Crippen LogP contribution in [0.25, 0.3) is 0 Å². The number of unbranched alkanes of at least 4 members (excludes halogenated alkanes) is 23. The van der Waals surface area contributed by atoms with Crippen molar-refractivity contribution in [1.29, 1.82) is 0 Å². The van der Waals surface area contributed by atoms with Gasteiger partial charge in [0, 0.05) is 6.42 Å². The summed E-state index contributed by atoms with van der Waals surface area (Å²) in [5, 5.41) is 87.1. The zero-order valence-corrected chi connectivity index (χ0v) is 48.4. The van der Waals surface area contributed by atoms with Gasteiger partial charge in [0.25, 0.3) is 0 Å². The number of amides is 1. The van der Waals surface area contributed by atoms with Crippen LogP contribution in [0.15, 0.2) is 85.1 Å². The molecule has 2 saturated heterocycles. The molecule has 0 aromatic carbocycles. The molecule has 1 amide bonds. The van der Waals surface area contributed by atoms with Crippen LogP contribution in [-0.2, 0) is 23.7 Å². The number of allylic oxidation sites excluding steroid dienone is 13. The molecule has 12 atom stereocenters. The fourth-order valence-electron chi connectivity index (χ4n) is 9.61. The zero-order chi connectivity index (χ0) is 56.7. The molecule has 9 N–H and O–H groups in total. The van der Waals surface area contributed by atoms with Gasteiger partial charge in [-0.15, -0.1) is 0 Å². The third-order valence-electron chi connectivity index (χ3n) is 14.5. The first-order valence-electron chi connectivity index (χ1n) is 30.8. The maximum Gasteiger partial charge on any atom is 0.220 e. The topological polar surface area (TPSA) is 228 Å². The quantitative estimate of drug-likeness (QED) is 0.0204. The average molecular weight is 1100 g/mol. The molecule has 0 aromatic heterocycles. The Hall–Kier alpha value is -2.83. The van der Waals surface area contributed by atoms with Crippen molar-refractivity contribution in [1.82, 2.24) is 5.32 Å². The van der Waals surface area contributed by atoms with Crippen molar-refractivity contribution in [3.05, 3.63) is 85.1 Å². The van der Waals surface area contributed by atoms with E-state index in [9.17, 15) is 45.6 Å². The number of nitrogens with one attached hydrogen (secondary N) is 1. The van der Waals surface area contributed by atoms with E-state index in [1.807, 2.05) is 6.08 Å². The largest absolute Gasteiger partial charge is 0.394 e. The Balaban J connectivity index is 1.79. The summed E-state index contributed by atoms with van der Waals surface area (Å²) in [7, 11) is 0. The lowest BCUT2D eigenvalue weighted by atomic mass is 9.97. The predicted molar refractivity (Wildman–Crippen MR) is 313 cm³/mol. The van der Waals surface area contributed by atoms with E-state index in [2.05, 4.69) is 92.1 Å². The summed E-state index contributed by atoms with van der Waals surface area (Å²) in [5.41, 5.74) is 0. The second kappa shape index (κ2) is 48.8. The van der Waals surface area contributed by atoms with Gasteiger partial charge in [0.2, 0.25) is 5.91 Å². The van der Waals surface area contributed by atoms with E-state index in [1.165, 1.54) is 96.3 Å². The van der Waals surface area contributed by atoms with Gasteiger partial charge >= 0.3 is 0 Å². The fourth-order valence-corrected chi connectivity index (χ4v) is 9.61. The van der Waals surface area contributed by atoms with Gasteiger partial charge in [0.1, 0.15) is 48.8 Å². The van der Waals surface area contributed by atoms with Crippen molar-refractivity contribution in [3.63, 3.8) is 0 Å². The Bertz CT molecular complexity index is 1630. The third kappa shape index (κ3) is 33.8. The fraction of sp³-hybridized carbons (Fsp3) is 0.766. The maximum absolute atomic E-state index is 13.3. The van der Waals surface area contributed by atoms with Gasteiger partial charge in [0.05, 0.1) is 32.0 Å². The molecule has 0 bridgehead atoms. The third-order valence-corrected chi connectivity index (χ3v) is 14.5. The van der Waals surface area contributed by atoms with Crippen molar-refractivity contribution in [2.24, 2.45) is 0 Å². The number of carbonyl (C=O) groups is 1. The Kier molecular flexibility index (Phi) is 44.6. The van der Waals surface area contributed by atoms with Crippen LogP contribution in [0.4, 0.5) is 0 Å². The number of hydrogen-bond donors (Lipinski definition) is 9. The van der Waals surface area contributed by atoms with Crippen molar-refractivity contribution in [3.8, 4) is 0 Å². The van der Waals surface area contributed by atoms with Crippen molar-refractivity contribution < 1.29 is 64.6 Å². The minimum absolute atomic E-state index is 0.249. The molecule has 2 heterocycles. The minimum Gasteiger partial charge on any atom is -0.394 e. The molecule has 0 spiro atoms. The molecular formula is C64H111NO13. The van der Waals surface area contributed by atoms with Crippen LogP contribution in [0.2, 0.25) is 0 Å². The van der Waals surface area contributed by atoms with Crippen LogP contribution in [0, 0.1) is 0 Å². The number of rotatable bonds is 48. The minimum atomic E-state index is -1.80. The molecule has 450 valence electrons. The van der Waals surface area contributed by atoms with Crippen LogP contribution in [0.3, 0.4) is 0 Å². The predicted octanol–water partition coefficient (Wildman–Crippen LogP) is 10.9. The van der Waals surface area contributed by atoms with Gasteiger partial charge in [0.15, 0.2) is 12.6 Å². The highest BCUT2D eigenvalue weighted by Gasteiger charge is 2.51. The van der Waals surface area contributed by atoms with Gasteiger partial charge < -0.3 is 65.1 Å². The van der Waals surface area contributed by atoms with Crippen molar-refractivity contribution in [2.75, 3.05) is 19.8 Å². The second-order valence-corrected chi connectivity index (χ2v) is 21.4. The molecule has 14 nitrogen and oxygen atoms in total. The lowest BCUT2D eigenvalue weighted by Crippen LogP contribution is -2.65. The Morgan fingerprint density at radius 2 is 0.897 bits per heavy atom. The summed E-state index contributed by atoms with van der Waals surface area (Å²) in [6.07, 6.45) is 49.1. The molecule has 2 aliphatic heterocycles. The lowest BCUT2D eigenvalue weighted by Gasteiger charge is -2.46. The van der Waals surface area contributed by atoms with E-state index >= 15 is 0 Å². The highest BCUT2D eigenvalue weighted by Crippen LogP contribution is 2.30. The van der Waals surface area contributed by atoms with E-state index < -0.39 is 86.8 Å². The van der Waals surface area contributed by atoms with Crippen molar-refractivity contribution in [2.45, 2.75) is 293 Å². The monoisotopic (exact) mass is 1100 g/mol. The lowest BCUT2D eigenvalue weighted by molar-refractivity contribution is -0.359. The molecule has 0 saturated carbocycles. The summed E-state index contributed by atoms with van der Waals surface area (Å²) < 4.78 is 22.8. The van der Waals surface area contributed by atoms with Gasteiger partial charge in [-0.25, -0.2) is 0 Å². The number of ether oxygens (including phenoxy) is 4. The first kappa shape index (κ1) is 71.3. The van der Waals surface area contributed by atoms with Crippen LogP contribution < -0.4 is 5.32 Å². The van der Waals surface area contributed by atoms with Gasteiger partial charge in [-0.1, -0.05) is 214 Å². The number of carbonyl (C=O) groups excluding carboxylic acids is 1.